The summed E-state index contributed by atoms with van der Waals surface area (Å²) in [7, 11) is 0. The Morgan fingerprint density at radius 2 is 1.94 bits per heavy atom. The average Bonchev–Trinajstić information content (AvgIpc) is 2.38. The molecule has 0 atom stereocenters. The Morgan fingerprint density at radius 3 is 2.47 bits per heavy atom. The molecule has 6 nitrogen and oxygen atoms in total. The van der Waals surface area contributed by atoms with Gasteiger partial charge in [0.1, 0.15) is 6.54 Å². The van der Waals surface area contributed by atoms with Gasteiger partial charge >= 0.3 is 0 Å². The number of ether oxygens (including phenoxy) is 1. The molecule has 0 radical (unpaired) electrons. The molecule has 2 N–H and O–H groups in total. The third-order valence-corrected chi connectivity index (χ3v) is 2.83. The van der Waals surface area contributed by atoms with Gasteiger partial charge in [0.25, 0.3) is 0 Å². The van der Waals surface area contributed by atoms with Crippen molar-refractivity contribution in [1.29, 1.82) is 0 Å². The Hall–Kier alpha value is -1.30. The molecule has 1 aliphatic rings. The van der Waals surface area contributed by atoms with Crippen LogP contribution in [0.1, 0.15) is 13.8 Å². The van der Waals surface area contributed by atoms with Crippen LogP contribution in [0, 0.1) is 0 Å². The van der Waals surface area contributed by atoms with Crippen LogP contribution in [0.3, 0.4) is 0 Å². The van der Waals surface area contributed by atoms with E-state index in [1.165, 1.54) is 0 Å². The van der Waals surface area contributed by atoms with Gasteiger partial charge in [0, 0.05) is 26.2 Å². The fraction of sp³-hybridized carbons (Fsp3) is 0.818. The van der Waals surface area contributed by atoms with Gasteiger partial charge in [-0.3, -0.25) is 4.79 Å². The van der Waals surface area contributed by atoms with Crippen LogP contribution in [-0.4, -0.2) is 67.6 Å². The van der Waals surface area contributed by atoms with Crippen LogP contribution in [0.25, 0.3) is 0 Å². The first-order valence-electron chi connectivity index (χ1n) is 6.09. The van der Waals surface area contributed by atoms with E-state index in [9.17, 15) is 4.79 Å². The maximum absolute atomic E-state index is 11.8. The molecule has 6 heteroatoms. The van der Waals surface area contributed by atoms with E-state index in [0.717, 1.165) is 13.1 Å². The number of nitrogens with zero attached hydrogens (tertiary/aromatic N) is 3. The van der Waals surface area contributed by atoms with Crippen molar-refractivity contribution in [3.8, 4) is 0 Å². The number of nitrogens with two attached hydrogens (primary N) is 1. The second kappa shape index (κ2) is 7.11. The van der Waals surface area contributed by atoms with Crippen LogP contribution in [0.4, 0.5) is 0 Å². The highest BCUT2D eigenvalue weighted by molar-refractivity contribution is 5.84. The van der Waals surface area contributed by atoms with Crippen molar-refractivity contribution in [2.24, 2.45) is 10.7 Å². The number of carbonyl (C=O) groups excluding carboxylic acids is 1. The second-order valence-corrected chi connectivity index (χ2v) is 3.84. The molecule has 0 aromatic carbocycles. The van der Waals surface area contributed by atoms with Crippen LogP contribution in [0.15, 0.2) is 4.99 Å². The molecule has 0 bridgehead atoms. The Kier molecular flexibility index (Phi) is 5.76. The Balaban J connectivity index is 2.42. The molecule has 0 aliphatic carbocycles. The molecule has 1 saturated heterocycles. The van der Waals surface area contributed by atoms with Gasteiger partial charge in [-0.15, -0.1) is 0 Å². The van der Waals surface area contributed by atoms with E-state index in [-0.39, 0.29) is 12.5 Å². The first kappa shape index (κ1) is 13.8. The third kappa shape index (κ3) is 4.22. The van der Waals surface area contributed by atoms with Crippen molar-refractivity contribution in [2.45, 2.75) is 13.8 Å². The molecule has 0 spiro atoms. The third-order valence-electron chi connectivity index (χ3n) is 2.83. The standard InChI is InChI=1S/C11H22N4O2/c1-3-14(4-2)11(12)13-9-10(16)15-5-7-17-8-6-15/h3-9H2,1-2H3,(H2,12,13). The number of hydrogen-bond donors (Lipinski definition) is 1. The molecule has 1 fully saturated rings. The highest BCUT2D eigenvalue weighted by Gasteiger charge is 2.16. The summed E-state index contributed by atoms with van der Waals surface area (Å²) < 4.78 is 5.19. The SMILES string of the molecule is CCN(CC)C(N)=NCC(=O)N1CCOCC1. The summed E-state index contributed by atoms with van der Waals surface area (Å²) in [6.45, 7) is 8.28. The second-order valence-electron chi connectivity index (χ2n) is 3.84. The zero-order chi connectivity index (χ0) is 12.7. The summed E-state index contributed by atoms with van der Waals surface area (Å²) in [5, 5.41) is 0. The molecule has 1 rings (SSSR count). The average molecular weight is 242 g/mol. The maximum Gasteiger partial charge on any atom is 0.244 e. The van der Waals surface area contributed by atoms with E-state index in [2.05, 4.69) is 4.99 Å². The van der Waals surface area contributed by atoms with Gasteiger partial charge in [-0.2, -0.15) is 0 Å². The van der Waals surface area contributed by atoms with Crippen molar-refractivity contribution in [1.82, 2.24) is 9.80 Å². The molecule has 17 heavy (non-hydrogen) atoms. The summed E-state index contributed by atoms with van der Waals surface area (Å²) >= 11 is 0. The van der Waals surface area contributed by atoms with Gasteiger partial charge in [0.2, 0.25) is 5.91 Å². The van der Waals surface area contributed by atoms with Gasteiger partial charge in [0.05, 0.1) is 13.2 Å². The zero-order valence-corrected chi connectivity index (χ0v) is 10.7. The van der Waals surface area contributed by atoms with E-state index in [0.29, 0.717) is 32.3 Å². The summed E-state index contributed by atoms with van der Waals surface area (Å²) in [5.41, 5.74) is 5.80. The van der Waals surface area contributed by atoms with Crippen molar-refractivity contribution in [3.63, 3.8) is 0 Å². The lowest BCUT2D eigenvalue weighted by molar-refractivity contribution is -0.133. The van der Waals surface area contributed by atoms with E-state index in [1.807, 2.05) is 18.7 Å². The number of rotatable bonds is 4. The minimum absolute atomic E-state index is 0.0170. The summed E-state index contributed by atoms with van der Waals surface area (Å²) in [6.07, 6.45) is 0. The highest BCUT2D eigenvalue weighted by Crippen LogP contribution is 1.98. The fourth-order valence-electron chi connectivity index (χ4n) is 1.71. The number of guanidine groups is 1. The number of aliphatic imine (C=N–C) groups is 1. The molecule has 0 unspecified atom stereocenters. The first-order chi connectivity index (χ1) is 8.19. The number of morpholine rings is 1. The van der Waals surface area contributed by atoms with Crippen LogP contribution in [-0.2, 0) is 9.53 Å². The monoisotopic (exact) mass is 242 g/mol. The first-order valence-corrected chi connectivity index (χ1v) is 6.09. The normalized spacial score (nSPS) is 17.1. The Morgan fingerprint density at radius 1 is 1.35 bits per heavy atom. The predicted molar refractivity (Wildman–Crippen MR) is 66.8 cm³/mol. The van der Waals surface area contributed by atoms with Gasteiger partial charge in [-0.25, -0.2) is 4.99 Å². The van der Waals surface area contributed by atoms with Crippen molar-refractivity contribution >= 4 is 11.9 Å². The highest BCUT2D eigenvalue weighted by atomic mass is 16.5. The molecule has 1 aliphatic heterocycles. The molecule has 1 amide bonds. The Labute approximate surface area is 102 Å². The van der Waals surface area contributed by atoms with Crippen LogP contribution in [0.5, 0.6) is 0 Å². The van der Waals surface area contributed by atoms with Crippen molar-refractivity contribution in [3.05, 3.63) is 0 Å². The lowest BCUT2D eigenvalue weighted by atomic mass is 10.4. The largest absolute Gasteiger partial charge is 0.378 e. The smallest absolute Gasteiger partial charge is 0.244 e. The Bertz CT molecular complexity index is 271. The number of hydrogen-bond acceptors (Lipinski definition) is 3. The lowest BCUT2D eigenvalue weighted by Gasteiger charge is -2.26. The van der Waals surface area contributed by atoms with Crippen LogP contribution < -0.4 is 5.73 Å². The van der Waals surface area contributed by atoms with Gasteiger partial charge in [0.15, 0.2) is 5.96 Å². The predicted octanol–water partition coefficient (Wildman–Crippen LogP) is -0.498. The molecular formula is C11H22N4O2. The van der Waals surface area contributed by atoms with Gasteiger partial charge in [-0.05, 0) is 13.8 Å². The molecule has 98 valence electrons. The maximum atomic E-state index is 11.8. The molecule has 0 saturated carbocycles. The van der Waals surface area contributed by atoms with E-state index in [1.54, 1.807) is 4.90 Å². The van der Waals surface area contributed by atoms with Crippen molar-refractivity contribution < 1.29 is 9.53 Å². The minimum atomic E-state index is 0.0170. The lowest BCUT2D eigenvalue weighted by Crippen LogP contribution is -2.43. The molecule has 0 aromatic rings. The molecular weight excluding hydrogens is 220 g/mol. The summed E-state index contributed by atoms with van der Waals surface area (Å²) in [5.74, 6) is 0.458. The van der Waals surface area contributed by atoms with Gasteiger partial charge in [-0.1, -0.05) is 0 Å². The molecule has 1 heterocycles. The quantitative estimate of drug-likeness (QED) is 0.533. The fourth-order valence-corrected chi connectivity index (χ4v) is 1.71. The molecule has 0 aromatic heterocycles. The minimum Gasteiger partial charge on any atom is -0.378 e. The van der Waals surface area contributed by atoms with Crippen LogP contribution >= 0.6 is 0 Å². The van der Waals surface area contributed by atoms with Crippen LogP contribution in [0.2, 0.25) is 0 Å². The topological polar surface area (TPSA) is 71.2 Å². The summed E-state index contributed by atoms with van der Waals surface area (Å²) in [4.78, 5) is 19.6. The number of amides is 1. The number of carbonyl (C=O) groups is 1. The zero-order valence-electron chi connectivity index (χ0n) is 10.7. The van der Waals surface area contributed by atoms with Crippen molar-refractivity contribution in [2.75, 3.05) is 45.9 Å². The summed E-state index contributed by atoms with van der Waals surface area (Å²) in [6, 6.07) is 0. The van der Waals surface area contributed by atoms with Gasteiger partial charge < -0.3 is 20.3 Å². The van der Waals surface area contributed by atoms with E-state index >= 15 is 0 Å². The van der Waals surface area contributed by atoms with E-state index < -0.39 is 0 Å². The van der Waals surface area contributed by atoms with E-state index in [4.69, 9.17) is 10.5 Å².